The molecule has 1 aromatic carbocycles. The Morgan fingerprint density at radius 2 is 2.18 bits per heavy atom. The van der Waals surface area contributed by atoms with E-state index in [0.29, 0.717) is 30.2 Å². The van der Waals surface area contributed by atoms with Gasteiger partial charge in [-0.25, -0.2) is 4.39 Å². The van der Waals surface area contributed by atoms with Gasteiger partial charge in [-0.3, -0.25) is 0 Å². The molecule has 0 atom stereocenters. The van der Waals surface area contributed by atoms with Gasteiger partial charge >= 0.3 is 0 Å². The summed E-state index contributed by atoms with van der Waals surface area (Å²) in [5, 5.41) is 0. The fourth-order valence-electron chi connectivity index (χ4n) is 1.54. The number of furan rings is 1. The van der Waals surface area contributed by atoms with Crippen LogP contribution in [0.2, 0.25) is 0 Å². The quantitative estimate of drug-likeness (QED) is 0.886. The van der Waals surface area contributed by atoms with Crippen LogP contribution in [0.5, 0.6) is 5.75 Å². The van der Waals surface area contributed by atoms with Gasteiger partial charge in [0.15, 0.2) is 0 Å². The second-order valence-electron chi connectivity index (χ2n) is 3.77. The van der Waals surface area contributed by atoms with Crippen molar-refractivity contribution >= 4 is 0 Å². The second-order valence-corrected chi connectivity index (χ2v) is 3.77. The van der Waals surface area contributed by atoms with Gasteiger partial charge in [0.1, 0.15) is 23.9 Å². The first-order valence-electron chi connectivity index (χ1n) is 5.35. The first-order chi connectivity index (χ1) is 8.20. The number of rotatable bonds is 4. The highest BCUT2D eigenvalue weighted by atomic mass is 19.1. The van der Waals surface area contributed by atoms with Crippen LogP contribution < -0.4 is 10.5 Å². The molecule has 3 nitrogen and oxygen atoms in total. The van der Waals surface area contributed by atoms with E-state index in [-0.39, 0.29) is 5.82 Å². The molecule has 4 heteroatoms. The number of hydrogen-bond donors (Lipinski definition) is 1. The Balaban J connectivity index is 2.05. The molecule has 17 heavy (non-hydrogen) atoms. The van der Waals surface area contributed by atoms with Crippen LogP contribution >= 0.6 is 0 Å². The lowest BCUT2D eigenvalue weighted by Gasteiger charge is -2.07. The Kier molecular flexibility index (Phi) is 3.44. The lowest BCUT2D eigenvalue weighted by molar-refractivity contribution is 0.301. The molecule has 0 radical (unpaired) electrons. The number of aryl methyl sites for hydroxylation is 1. The van der Waals surface area contributed by atoms with Gasteiger partial charge in [-0.1, -0.05) is 0 Å². The standard InChI is InChI=1S/C13H14FNO2/c1-9-6-11(2-3-12(9)14)17-8-10-4-5-16-13(10)7-15/h2-6H,7-8,15H2,1H3. The molecule has 90 valence electrons. The second kappa shape index (κ2) is 5.01. The third-order valence-corrected chi connectivity index (χ3v) is 2.55. The van der Waals surface area contributed by atoms with Crippen LogP contribution in [0.15, 0.2) is 34.9 Å². The summed E-state index contributed by atoms with van der Waals surface area (Å²) in [5.74, 6) is 1.11. The molecule has 2 aromatic rings. The van der Waals surface area contributed by atoms with E-state index in [4.69, 9.17) is 14.9 Å². The van der Waals surface area contributed by atoms with E-state index in [1.165, 1.54) is 6.07 Å². The normalized spacial score (nSPS) is 10.5. The largest absolute Gasteiger partial charge is 0.489 e. The summed E-state index contributed by atoms with van der Waals surface area (Å²) in [6.07, 6.45) is 1.58. The molecule has 0 amide bonds. The molecule has 0 aliphatic rings. The van der Waals surface area contributed by atoms with Gasteiger partial charge in [-0.15, -0.1) is 0 Å². The molecule has 0 saturated heterocycles. The Morgan fingerprint density at radius 3 is 2.88 bits per heavy atom. The monoisotopic (exact) mass is 235 g/mol. The molecule has 0 spiro atoms. The summed E-state index contributed by atoms with van der Waals surface area (Å²) in [5.41, 5.74) is 6.98. The van der Waals surface area contributed by atoms with Crippen molar-refractivity contribution in [3.63, 3.8) is 0 Å². The van der Waals surface area contributed by atoms with E-state index < -0.39 is 0 Å². The van der Waals surface area contributed by atoms with Crippen LogP contribution in [0.3, 0.4) is 0 Å². The summed E-state index contributed by atoms with van der Waals surface area (Å²) < 4.78 is 23.8. The Labute approximate surface area is 99.0 Å². The molecule has 0 fully saturated rings. The minimum Gasteiger partial charge on any atom is -0.489 e. The molecule has 1 aromatic heterocycles. The zero-order chi connectivity index (χ0) is 12.3. The van der Waals surface area contributed by atoms with Crippen LogP contribution in [0.1, 0.15) is 16.9 Å². The molecule has 0 saturated carbocycles. The number of hydrogen-bond acceptors (Lipinski definition) is 3. The Hall–Kier alpha value is -1.81. The zero-order valence-electron chi connectivity index (χ0n) is 9.57. The predicted molar refractivity (Wildman–Crippen MR) is 62.1 cm³/mol. The SMILES string of the molecule is Cc1cc(OCc2ccoc2CN)ccc1F. The van der Waals surface area contributed by atoms with Gasteiger partial charge in [0, 0.05) is 5.56 Å². The lowest BCUT2D eigenvalue weighted by atomic mass is 10.2. The van der Waals surface area contributed by atoms with E-state index in [1.807, 2.05) is 6.07 Å². The molecule has 0 aliphatic carbocycles. The van der Waals surface area contributed by atoms with E-state index in [9.17, 15) is 4.39 Å². The molecule has 2 N–H and O–H groups in total. The topological polar surface area (TPSA) is 48.4 Å². The highest BCUT2D eigenvalue weighted by Crippen LogP contribution is 2.18. The van der Waals surface area contributed by atoms with E-state index >= 15 is 0 Å². The van der Waals surface area contributed by atoms with Gasteiger partial charge in [-0.2, -0.15) is 0 Å². The van der Waals surface area contributed by atoms with Crippen molar-refractivity contribution in [2.24, 2.45) is 5.73 Å². The minimum absolute atomic E-state index is 0.233. The van der Waals surface area contributed by atoms with Crippen LogP contribution in [0.4, 0.5) is 4.39 Å². The van der Waals surface area contributed by atoms with Crippen LogP contribution in [-0.4, -0.2) is 0 Å². The van der Waals surface area contributed by atoms with E-state index in [0.717, 1.165) is 5.56 Å². The van der Waals surface area contributed by atoms with Crippen molar-refractivity contribution in [3.05, 3.63) is 53.2 Å². The smallest absolute Gasteiger partial charge is 0.126 e. The summed E-state index contributed by atoms with van der Waals surface area (Å²) in [4.78, 5) is 0. The number of halogens is 1. The van der Waals surface area contributed by atoms with Gasteiger partial charge < -0.3 is 14.9 Å². The summed E-state index contributed by atoms with van der Waals surface area (Å²) in [6.45, 7) is 2.41. The lowest BCUT2D eigenvalue weighted by Crippen LogP contribution is -2.02. The summed E-state index contributed by atoms with van der Waals surface area (Å²) >= 11 is 0. The molecule has 1 heterocycles. The summed E-state index contributed by atoms with van der Waals surface area (Å²) in [7, 11) is 0. The molecule has 0 aliphatic heterocycles. The van der Waals surface area contributed by atoms with Crippen molar-refractivity contribution in [2.45, 2.75) is 20.1 Å². The van der Waals surface area contributed by atoms with Gasteiger partial charge in [0.05, 0.1) is 12.8 Å². The fraction of sp³-hybridized carbons (Fsp3) is 0.231. The van der Waals surface area contributed by atoms with Crippen molar-refractivity contribution in [1.82, 2.24) is 0 Å². The average molecular weight is 235 g/mol. The van der Waals surface area contributed by atoms with Gasteiger partial charge in [0.25, 0.3) is 0 Å². The van der Waals surface area contributed by atoms with Crippen molar-refractivity contribution < 1.29 is 13.5 Å². The predicted octanol–water partition coefficient (Wildman–Crippen LogP) is 2.76. The maximum absolute atomic E-state index is 13.0. The van der Waals surface area contributed by atoms with Crippen LogP contribution in [0, 0.1) is 12.7 Å². The Morgan fingerprint density at radius 1 is 1.35 bits per heavy atom. The summed E-state index contributed by atoms with van der Waals surface area (Å²) in [6, 6.07) is 6.48. The van der Waals surface area contributed by atoms with Crippen molar-refractivity contribution in [1.29, 1.82) is 0 Å². The highest BCUT2D eigenvalue weighted by Gasteiger charge is 2.06. The average Bonchev–Trinajstić information content (AvgIpc) is 2.78. The van der Waals surface area contributed by atoms with Gasteiger partial charge in [0.2, 0.25) is 0 Å². The molecule has 0 unspecified atom stereocenters. The highest BCUT2D eigenvalue weighted by molar-refractivity contribution is 5.29. The maximum atomic E-state index is 13.0. The molecular weight excluding hydrogens is 221 g/mol. The van der Waals surface area contributed by atoms with Crippen LogP contribution in [-0.2, 0) is 13.2 Å². The maximum Gasteiger partial charge on any atom is 0.126 e. The third-order valence-electron chi connectivity index (χ3n) is 2.55. The number of benzene rings is 1. The van der Waals surface area contributed by atoms with Crippen molar-refractivity contribution in [3.8, 4) is 5.75 Å². The fourth-order valence-corrected chi connectivity index (χ4v) is 1.54. The first-order valence-corrected chi connectivity index (χ1v) is 5.35. The number of ether oxygens (including phenoxy) is 1. The molecule has 2 rings (SSSR count). The van der Waals surface area contributed by atoms with Crippen LogP contribution in [0.25, 0.3) is 0 Å². The van der Waals surface area contributed by atoms with E-state index in [2.05, 4.69) is 0 Å². The molecule has 0 bridgehead atoms. The Bertz CT molecular complexity index is 508. The molecular formula is C13H14FNO2. The zero-order valence-corrected chi connectivity index (χ0v) is 9.57. The number of nitrogens with two attached hydrogens (primary N) is 1. The first kappa shape index (κ1) is 11.7. The minimum atomic E-state index is -0.233. The van der Waals surface area contributed by atoms with Crippen molar-refractivity contribution in [2.75, 3.05) is 0 Å². The third kappa shape index (κ3) is 2.65. The van der Waals surface area contributed by atoms with E-state index in [1.54, 1.807) is 25.3 Å². The van der Waals surface area contributed by atoms with Gasteiger partial charge in [-0.05, 0) is 36.8 Å².